The van der Waals surface area contributed by atoms with Crippen molar-refractivity contribution in [3.63, 3.8) is 0 Å². The number of likely N-dealkylation sites (tertiary alicyclic amines) is 1. The van der Waals surface area contributed by atoms with Crippen molar-refractivity contribution in [3.8, 4) is 0 Å². The fourth-order valence-electron chi connectivity index (χ4n) is 2.53. The number of carbonyl (C=O) groups is 2. The van der Waals surface area contributed by atoms with Crippen molar-refractivity contribution in [1.29, 1.82) is 0 Å². The topological polar surface area (TPSA) is 57.6 Å². The monoisotopic (exact) mass is 381 g/mol. The van der Waals surface area contributed by atoms with E-state index in [1.807, 2.05) is 0 Å². The van der Waals surface area contributed by atoms with Gasteiger partial charge < -0.3 is 10.0 Å². The predicted molar refractivity (Wildman–Crippen MR) is 84.0 cm³/mol. The van der Waals surface area contributed by atoms with Gasteiger partial charge in [-0.05, 0) is 24.3 Å². The molecule has 1 amide bonds. The van der Waals surface area contributed by atoms with Crippen molar-refractivity contribution in [3.05, 3.63) is 29.3 Å². The molecular formula is C15H15ClF3NO3S. The van der Waals surface area contributed by atoms with Gasteiger partial charge in [0.1, 0.15) is 0 Å². The molecule has 1 aromatic rings. The lowest BCUT2D eigenvalue weighted by Crippen LogP contribution is -2.34. The summed E-state index contributed by atoms with van der Waals surface area (Å²) in [6, 6.07) is 6.98. The highest BCUT2D eigenvalue weighted by Crippen LogP contribution is 2.38. The van der Waals surface area contributed by atoms with Gasteiger partial charge in [-0.25, -0.2) is 0 Å². The first-order chi connectivity index (χ1) is 11.2. The molecule has 2 atom stereocenters. The highest BCUT2D eigenvalue weighted by Gasteiger charge is 2.53. The fraction of sp³-hybridized carbons (Fsp3) is 0.467. The van der Waals surface area contributed by atoms with Crippen LogP contribution in [0.1, 0.15) is 6.42 Å². The Morgan fingerprint density at radius 3 is 2.38 bits per heavy atom. The maximum atomic E-state index is 12.9. The van der Waals surface area contributed by atoms with Crippen LogP contribution in [0.2, 0.25) is 5.02 Å². The lowest BCUT2D eigenvalue weighted by molar-refractivity contribution is -0.188. The van der Waals surface area contributed by atoms with Crippen molar-refractivity contribution in [1.82, 2.24) is 4.90 Å². The zero-order chi connectivity index (χ0) is 17.9. The Morgan fingerprint density at radius 2 is 1.88 bits per heavy atom. The standard InChI is InChI=1S/C15H15ClF3NO3S/c16-9-1-3-10(4-2-9)24-6-5-13(21)20-7-11(14(22)23)12(8-20)15(17,18)19/h1-4,11-12H,5-8H2,(H,22,23)/t11-,12-/m1/s1. The van der Waals surface area contributed by atoms with Crippen LogP contribution in [-0.4, -0.2) is 46.9 Å². The smallest absolute Gasteiger partial charge is 0.394 e. The zero-order valence-corrected chi connectivity index (χ0v) is 14.0. The zero-order valence-electron chi connectivity index (χ0n) is 12.4. The minimum atomic E-state index is -4.63. The molecule has 0 spiro atoms. The molecule has 1 heterocycles. The summed E-state index contributed by atoms with van der Waals surface area (Å²) in [5, 5.41) is 9.53. The number of nitrogens with zero attached hydrogens (tertiary/aromatic N) is 1. The number of hydrogen-bond donors (Lipinski definition) is 1. The van der Waals surface area contributed by atoms with Crippen LogP contribution < -0.4 is 0 Å². The van der Waals surface area contributed by atoms with Gasteiger partial charge in [-0.1, -0.05) is 11.6 Å². The number of benzene rings is 1. The lowest BCUT2D eigenvalue weighted by Gasteiger charge is -2.18. The first-order valence-electron chi connectivity index (χ1n) is 7.14. The van der Waals surface area contributed by atoms with Gasteiger partial charge in [0.15, 0.2) is 0 Å². The minimum Gasteiger partial charge on any atom is -0.481 e. The molecule has 1 aliphatic rings. The van der Waals surface area contributed by atoms with E-state index in [1.54, 1.807) is 24.3 Å². The quantitative estimate of drug-likeness (QED) is 0.792. The van der Waals surface area contributed by atoms with Gasteiger partial charge in [-0.15, -0.1) is 11.8 Å². The van der Waals surface area contributed by atoms with E-state index in [2.05, 4.69) is 0 Å². The number of alkyl halides is 3. The SMILES string of the molecule is O=C(O)[C@@H]1CN(C(=O)CCSc2ccc(Cl)cc2)C[C@H]1C(F)(F)F. The third kappa shape index (κ3) is 4.80. The van der Waals surface area contributed by atoms with Crippen LogP contribution in [0.25, 0.3) is 0 Å². The second kappa shape index (κ2) is 7.65. The average Bonchev–Trinajstić information content (AvgIpc) is 2.95. The molecule has 0 aromatic heterocycles. The molecule has 2 rings (SSSR count). The number of amides is 1. The van der Waals surface area contributed by atoms with Gasteiger partial charge in [0.2, 0.25) is 5.91 Å². The second-order valence-electron chi connectivity index (χ2n) is 5.44. The molecule has 0 radical (unpaired) electrons. The van der Waals surface area contributed by atoms with Gasteiger partial charge in [-0.2, -0.15) is 13.2 Å². The molecule has 1 aromatic carbocycles. The van der Waals surface area contributed by atoms with Crippen molar-refractivity contribution in [2.45, 2.75) is 17.5 Å². The molecular weight excluding hydrogens is 367 g/mol. The van der Waals surface area contributed by atoms with Crippen LogP contribution in [-0.2, 0) is 9.59 Å². The Balaban J connectivity index is 1.88. The van der Waals surface area contributed by atoms with Gasteiger partial charge >= 0.3 is 12.1 Å². The van der Waals surface area contributed by atoms with E-state index in [0.29, 0.717) is 10.8 Å². The first-order valence-corrected chi connectivity index (χ1v) is 8.50. The maximum absolute atomic E-state index is 12.9. The van der Waals surface area contributed by atoms with Crippen LogP contribution in [0.4, 0.5) is 13.2 Å². The van der Waals surface area contributed by atoms with E-state index < -0.39 is 43.0 Å². The van der Waals surface area contributed by atoms with Gasteiger partial charge in [0.05, 0.1) is 11.8 Å². The number of carboxylic acids is 1. The Kier molecular flexibility index (Phi) is 6.03. The summed E-state index contributed by atoms with van der Waals surface area (Å²) < 4.78 is 38.7. The Labute approximate surface area is 146 Å². The van der Waals surface area contributed by atoms with E-state index in [9.17, 15) is 22.8 Å². The predicted octanol–water partition coefficient (Wildman–Crippen LogP) is 3.54. The van der Waals surface area contributed by atoms with E-state index in [-0.39, 0.29) is 6.42 Å². The summed E-state index contributed by atoms with van der Waals surface area (Å²) in [5.74, 6) is -5.20. The lowest BCUT2D eigenvalue weighted by atomic mass is 9.96. The Bertz CT molecular complexity index is 609. The normalized spacial score (nSPS) is 21.1. The number of carboxylic acid groups (broad SMARTS) is 1. The molecule has 132 valence electrons. The van der Waals surface area contributed by atoms with E-state index in [1.165, 1.54) is 11.8 Å². The number of thioether (sulfide) groups is 1. The molecule has 0 saturated carbocycles. The number of rotatable bonds is 5. The van der Waals surface area contributed by atoms with Crippen LogP contribution in [0.5, 0.6) is 0 Å². The van der Waals surface area contributed by atoms with Gasteiger partial charge in [-0.3, -0.25) is 9.59 Å². The summed E-state index contributed by atoms with van der Waals surface area (Å²) in [6.45, 7) is -0.991. The Hall–Kier alpha value is -1.41. The molecule has 1 aliphatic heterocycles. The fourth-order valence-corrected chi connectivity index (χ4v) is 3.50. The molecule has 1 saturated heterocycles. The van der Waals surface area contributed by atoms with Crippen LogP contribution >= 0.6 is 23.4 Å². The summed E-state index contributed by atoms with van der Waals surface area (Å²) >= 11 is 7.15. The third-order valence-electron chi connectivity index (χ3n) is 3.81. The molecule has 24 heavy (non-hydrogen) atoms. The van der Waals surface area contributed by atoms with Gasteiger partial charge in [0.25, 0.3) is 0 Å². The summed E-state index contributed by atoms with van der Waals surface area (Å²) in [4.78, 5) is 25.0. The number of aliphatic carboxylic acids is 1. The van der Waals surface area contributed by atoms with E-state index in [0.717, 1.165) is 9.80 Å². The van der Waals surface area contributed by atoms with E-state index >= 15 is 0 Å². The van der Waals surface area contributed by atoms with Crippen molar-refractivity contribution >= 4 is 35.2 Å². The summed E-state index contributed by atoms with van der Waals surface area (Å²) in [7, 11) is 0. The second-order valence-corrected chi connectivity index (χ2v) is 7.05. The first kappa shape index (κ1) is 18.9. The Morgan fingerprint density at radius 1 is 1.25 bits per heavy atom. The third-order valence-corrected chi connectivity index (χ3v) is 5.07. The van der Waals surface area contributed by atoms with E-state index in [4.69, 9.17) is 16.7 Å². The molecule has 0 unspecified atom stereocenters. The highest BCUT2D eigenvalue weighted by molar-refractivity contribution is 7.99. The van der Waals surface area contributed by atoms with Crippen LogP contribution in [0.15, 0.2) is 29.2 Å². The number of carbonyl (C=O) groups excluding carboxylic acids is 1. The van der Waals surface area contributed by atoms with Crippen molar-refractivity contribution in [2.24, 2.45) is 11.8 Å². The maximum Gasteiger partial charge on any atom is 0.394 e. The largest absolute Gasteiger partial charge is 0.481 e. The highest BCUT2D eigenvalue weighted by atomic mass is 35.5. The van der Waals surface area contributed by atoms with Gasteiger partial charge in [0, 0.05) is 35.2 Å². The van der Waals surface area contributed by atoms with Crippen molar-refractivity contribution < 1.29 is 27.9 Å². The molecule has 1 N–H and O–H groups in total. The summed E-state index contributed by atoms with van der Waals surface area (Å²) in [6.07, 6.45) is -4.58. The molecule has 4 nitrogen and oxygen atoms in total. The molecule has 0 bridgehead atoms. The molecule has 0 aliphatic carbocycles. The van der Waals surface area contributed by atoms with Crippen molar-refractivity contribution in [2.75, 3.05) is 18.8 Å². The minimum absolute atomic E-state index is 0.0458. The molecule has 1 fully saturated rings. The number of hydrogen-bond acceptors (Lipinski definition) is 3. The van der Waals surface area contributed by atoms with Crippen LogP contribution in [0, 0.1) is 11.8 Å². The van der Waals surface area contributed by atoms with Crippen LogP contribution in [0.3, 0.4) is 0 Å². The average molecular weight is 382 g/mol. The molecule has 9 heteroatoms. The summed E-state index contributed by atoms with van der Waals surface area (Å²) in [5.41, 5.74) is 0. The number of halogens is 4.